The third kappa shape index (κ3) is 3.31. The standard InChI is InChI=1S/C16H16ClFN2O2/c17-15-10-12(18)3-4-14(15)16(21)20-7-5-19(6-8-20)11-13-2-1-9-22-13/h1-4,9-10H,5-8,11H2. The maximum absolute atomic E-state index is 13.1. The van der Waals surface area contributed by atoms with Crippen molar-refractivity contribution in [3.63, 3.8) is 0 Å². The highest BCUT2D eigenvalue weighted by Crippen LogP contribution is 2.20. The van der Waals surface area contributed by atoms with Gasteiger partial charge in [-0.15, -0.1) is 0 Å². The van der Waals surface area contributed by atoms with Crippen molar-refractivity contribution in [1.82, 2.24) is 9.80 Å². The Hall–Kier alpha value is -1.85. The molecule has 1 fully saturated rings. The summed E-state index contributed by atoms with van der Waals surface area (Å²) in [5.41, 5.74) is 0.350. The monoisotopic (exact) mass is 322 g/mol. The second-order valence-electron chi connectivity index (χ2n) is 5.27. The van der Waals surface area contributed by atoms with Crippen LogP contribution >= 0.6 is 11.6 Å². The summed E-state index contributed by atoms with van der Waals surface area (Å²) in [5.74, 6) is 0.328. The number of rotatable bonds is 3. The van der Waals surface area contributed by atoms with E-state index in [1.54, 1.807) is 11.2 Å². The lowest BCUT2D eigenvalue weighted by Gasteiger charge is -2.34. The summed E-state index contributed by atoms with van der Waals surface area (Å²) < 4.78 is 18.4. The normalized spacial score (nSPS) is 16.0. The molecule has 1 saturated heterocycles. The zero-order valence-electron chi connectivity index (χ0n) is 12.0. The van der Waals surface area contributed by atoms with Crippen molar-refractivity contribution in [3.8, 4) is 0 Å². The topological polar surface area (TPSA) is 36.7 Å². The van der Waals surface area contributed by atoms with Gasteiger partial charge in [-0.1, -0.05) is 11.6 Å². The lowest BCUT2D eigenvalue weighted by Crippen LogP contribution is -2.48. The first kappa shape index (κ1) is 15.1. The number of nitrogens with zero attached hydrogens (tertiary/aromatic N) is 2. The lowest BCUT2D eigenvalue weighted by molar-refractivity contribution is 0.0620. The zero-order chi connectivity index (χ0) is 15.5. The van der Waals surface area contributed by atoms with Gasteiger partial charge in [0.05, 0.1) is 23.4 Å². The maximum Gasteiger partial charge on any atom is 0.255 e. The van der Waals surface area contributed by atoms with E-state index in [-0.39, 0.29) is 10.9 Å². The summed E-state index contributed by atoms with van der Waals surface area (Å²) in [4.78, 5) is 16.4. The van der Waals surface area contributed by atoms with Crippen molar-refractivity contribution in [2.24, 2.45) is 0 Å². The zero-order valence-corrected chi connectivity index (χ0v) is 12.7. The van der Waals surface area contributed by atoms with Crippen LogP contribution < -0.4 is 0 Å². The first-order valence-electron chi connectivity index (χ1n) is 7.12. The predicted octanol–water partition coefficient (Wildman–Crippen LogP) is 3.03. The molecule has 2 heterocycles. The molecule has 1 aromatic carbocycles. The molecular weight excluding hydrogens is 307 g/mol. The van der Waals surface area contributed by atoms with Gasteiger partial charge in [0.2, 0.25) is 0 Å². The van der Waals surface area contributed by atoms with E-state index in [9.17, 15) is 9.18 Å². The SMILES string of the molecule is O=C(c1ccc(F)cc1Cl)N1CCN(Cc2ccco2)CC1. The number of amides is 1. The number of hydrogen-bond donors (Lipinski definition) is 0. The summed E-state index contributed by atoms with van der Waals surface area (Å²) in [6, 6.07) is 7.67. The smallest absolute Gasteiger partial charge is 0.255 e. The fraction of sp³-hybridized carbons (Fsp3) is 0.312. The molecule has 4 nitrogen and oxygen atoms in total. The molecule has 0 spiro atoms. The molecule has 0 N–H and O–H groups in total. The Balaban J connectivity index is 1.60. The summed E-state index contributed by atoms with van der Waals surface area (Å²) in [7, 11) is 0. The van der Waals surface area contributed by atoms with Crippen molar-refractivity contribution in [3.05, 3.63) is 58.8 Å². The van der Waals surface area contributed by atoms with E-state index < -0.39 is 5.82 Å². The van der Waals surface area contributed by atoms with E-state index in [1.807, 2.05) is 12.1 Å². The molecule has 1 aromatic heterocycles. The van der Waals surface area contributed by atoms with Crippen molar-refractivity contribution < 1.29 is 13.6 Å². The number of benzene rings is 1. The van der Waals surface area contributed by atoms with Crippen LogP contribution in [0.3, 0.4) is 0 Å². The van der Waals surface area contributed by atoms with Gasteiger partial charge < -0.3 is 9.32 Å². The Bertz CT molecular complexity index is 652. The van der Waals surface area contributed by atoms with Gasteiger partial charge in [0.25, 0.3) is 5.91 Å². The minimum atomic E-state index is -0.440. The van der Waals surface area contributed by atoms with Gasteiger partial charge >= 0.3 is 0 Å². The summed E-state index contributed by atoms with van der Waals surface area (Å²) in [6.07, 6.45) is 1.66. The molecule has 0 bridgehead atoms. The molecule has 0 aliphatic carbocycles. The van der Waals surface area contributed by atoms with Gasteiger partial charge in [0, 0.05) is 26.2 Å². The minimum absolute atomic E-state index is 0.150. The minimum Gasteiger partial charge on any atom is -0.468 e. The molecule has 22 heavy (non-hydrogen) atoms. The third-order valence-electron chi connectivity index (χ3n) is 3.78. The summed E-state index contributed by atoms with van der Waals surface area (Å²) in [6.45, 7) is 3.52. The van der Waals surface area contributed by atoms with E-state index in [4.69, 9.17) is 16.0 Å². The van der Waals surface area contributed by atoms with Gasteiger partial charge in [0.1, 0.15) is 11.6 Å². The molecule has 1 amide bonds. The average molecular weight is 323 g/mol. The first-order valence-corrected chi connectivity index (χ1v) is 7.50. The third-order valence-corrected chi connectivity index (χ3v) is 4.09. The predicted molar refractivity (Wildman–Crippen MR) is 81.3 cm³/mol. The molecule has 3 rings (SSSR count). The highest BCUT2D eigenvalue weighted by Gasteiger charge is 2.24. The van der Waals surface area contributed by atoms with Crippen molar-refractivity contribution in [1.29, 1.82) is 0 Å². The number of hydrogen-bond acceptors (Lipinski definition) is 3. The number of carbonyl (C=O) groups is 1. The Morgan fingerprint density at radius 2 is 2.00 bits per heavy atom. The Morgan fingerprint density at radius 3 is 2.64 bits per heavy atom. The van der Waals surface area contributed by atoms with E-state index in [0.29, 0.717) is 18.7 Å². The quantitative estimate of drug-likeness (QED) is 0.871. The number of carbonyl (C=O) groups excluding carboxylic acids is 1. The van der Waals surface area contributed by atoms with Crippen LogP contribution in [0.5, 0.6) is 0 Å². The second kappa shape index (κ2) is 6.50. The summed E-state index contributed by atoms with van der Waals surface area (Å²) >= 11 is 5.96. The summed E-state index contributed by atoms with van der Waals surface area (Å²) in [5, 5.41) is 0.156. The molecule has 0 radical (unpaired) electrons. The van der Waals surface area contributed by atoms with E-state index >= 15 is 0 Å². The van der Waals surface area contributed by atoms with Crippen LogP contribution in [-0.2, 0) is 6.54 Å². The molecule has 0 saturated carbocycles. The molecule has 1 aliphatic rings. The van der Waals surface area contributed by atoms with Crippen LogP contribution in [0.15, 0.2) is 41.0 Å². The van der Waals surface area contributed by atoms with Crippen LogP contribution in [0.4, 0.5) is 4.39 Å². The Labute approximate surface area is 133 Å². The molecule has 116 valence electrons. The van der Waals surface area contributed by atoms with Crippen LogP contribution in [0, 0.1) is 5.82 Å². The molecule has 1 aliphatic heterocycles. The average Bonchev–Trinajstić information content (AvgIpc) is 3.00. The van der Waals surface area contributed by atoms with Gasteiger partial charge in [0.15, 0.2) is 0 Å². The van der Waals surface area contributed by atoms with Crippen LogP contribution in [-0.4, -0.2) is 41.9 Å². The number of halogens is 2. The fourth-order valence-corrected chi connectivity index (χ4v) is 2.81. The Morgan fingerprint density at radius 1 is 1.23 bits per heavy atom. The van der Waals surface area contributed by atoms with Gasteiger partial charge in [-0.25, -0.2) is 4.39 Å². The second-order valence-corrected chi connectivity index (χ2v) is 5.68. The molecule has 2 aromatic rings. The van der Waals surface area contributed by atoms with E-state index in [0.717, 1.165) is 25.4 Å². The molecule has 0 unspecified atom stereocenters. The van der Waals surface area contributed by atoms with Crippen LogP contribution in [0.1, 0.15) is 16.1 Å². The molecule has 6 heteroatoms. The molecular formula is C16H16ClFN2O2. The number of piperazine rings is 1. The van der Waals surface area contributed by atoms with Crippen LogP contribution in [0.2, 0.25) is 5.02 Å². The van der Waals surface area contributed by atoms with Crippen molar-refractivity contribution in [2.75, 3.05) is 26.2 Å². The maximum atomic E-state index is 13.1. The lowest BCUT2D eigenvalue weighted by atomic mass is 10.1. The number of furan rings is 1. The largest absolute Gasteiger partial charge is 0.468 e. The fourth-order valence-electron chi connectivity index (χ4n) is 2.57. The van der Waals surface area contributed by atoms with Gasteiger partial charge in [-0.3, -0.25) is 9.69 Å². The molecule has 0 atom stereocenters. The van der Waals surface area contributed by atoms with Crippen LogP contribution in [0.25, 0.3) is 0 Å². The highest BCUT2D eigenvalue weighted by molar-refractivity contribution is 6.33. The van der Waals surface area contributed by atoms with E-state index in [1.165, 1.54) is 18.2 Å². The Kier molecular flexibility index (Phi) is 4.45. The van der Waals surface area contributed by atoms with Crippen molar-refractivity contribution in [2.45, 2.75) is 6.54 Å². The van der Waals surface area contributed by atoms with E-state index in [2.05, 4.69) is 4.90 Å². The first-order chi connectivity index (χ1) is 10.6. The van der Waals surface area contributed by atoms with Gasteiger partial charge in [-0.05, 0) is 30.3 Å². The van der Waals surface area contributed by atoms with Crippen molar-refractivity contribution >= 4 is 17.5 Å². The highest BCUT2D eigenvalue weighted by atomic mass is 35.5. The van der Waals surface area contributed by atoms with Gasteiger partial charge in [-0.2, -0.15) is 0 Å².